The van der Waals surface area contributed by atoms with E-state index in [4.69, 9.17) is 9.15 Å². The van der Waals surface area contributed by atoms with Crippen molar-refractivity contribution in [3.8, 4) is 0 Å². The van der Waals surface area contributed by atoms with Crippen LogP contribution in [0.15, 0.2) is 23.0 Å². The maximum Gasteiger partial charge on any atom is 0.0951 e. The zero-order valence-corrected chi connectivity index (χ0v) is 10.9. The predicted molar refractivity (Wildman–Crippen MR) is 68.0 cm³/mol. The molecule has 1 atom stereocenters. The molecule has 1 fully saturated rings. The Bertz CT molecular complexity index is 309. The molecule has 1 unspecified atom stereocenters. The number of likely N-dealkylation sites (N-methyl/N-ethyl adjacent to an activating group) is 1. The van der Waals surface area contributed by atoms with E-state index in [0.29, 0.717) is 0 Å². The van der Waals surface area contributed by atoms with E-state index in [0.717, 1.165) is 19.4 Å². The monoisotopic (exact) mass is 237 g/mol. The molecule has 0 amide bonds. The molecule has 1 saturated carbocycles. The van der Waals surface area contributed by atoms with Crippen molar-refractivity contribution < 1.29 is 9.15 Å². The van der Waals surface area contributed by atoms with Crippen molar-refractivity contribution in [2.45, 2.75) is 50.7 Å². The number of rotatable bonds is 5. The third-order valence-corrected chi connectivity index (χ3v) is 3.82. The zero-order valence-electron chi connectivity index (χ0n) is 10.9. The molecule has 2 rings (SSSR count). The van der Waals surface area contributed by atoms with Gasteiger partial charge < -0.3 is 14.5 Å². The maximum absolute atomic E-state index is 6.14. The molecule has 3 heteroatoms. The predicted octanol–water partition coefficient (Wildman–Crippen LogP) is 3.28. The van der Waals surface area contributed by atoms with Crippen LogP contribution < -0.4 is 5.32 Å². The summed E-state index contributed by atoms with van der Waals surface area (Å²) in [5.41, 5.74) is 1.15. The topological polar surface area (TPSA) is 34.4 Å². The summed E-state index contributed by atoms with van der Waals surface area (Å²) in [5.74, 6) is 0. The fraction of sp³-hybridized carbons (Fsp3) is 0.714. The highest BCUT2D eigenvalue weighted by Crippen LogP contribution is 2.41. The van der Waals surface area contributed by atoms with Gasteiger partial charge in [-0.25, -0.2) is 0 Å². The molecule has 1 aromatic heterocycles. The van der Waals surface area contributed by atoms with Crippen LogP contribution >= 0.6 is 0 Å². The molecule has 3 nitrogen and oxygen atoms in total. The van der Waals surface area contributed by atoms with Crippen LogP contribution in [0, 0.1) is 0 Å². The highest BCUT2D eigenvalue weighted by molar-refractivity contribution is 5.17. The normalized spacial score (nSPS) is 21.3. The Balaban J connectivity index is 2.23. The number of hydrogen-bond donors (Lipinski definition) is 1. The van der Waals surface area contributed by atoms with Crippen molar-refractivity contribution in [3.05, 3.63) is 24.2 Å². The van der Waals surface area contributed by atoms with Gasteiger partial charge in [-0.2, -0.15) is 0 Å². The Hall–Kier alpha value is -0.800. The Morgan fingerprint density at radius 2 is 2.18 bits per heavy atom. The van der Waals surface area contributed by atoms with Gasteiger partial charge in [0.15, 0.2) is 0 Å². The van der Waals surface area contributed by atoms with E-state index in [1.54, 1.807) is 6.26 Å². The van der Waals surface area contributed by atoms with Gasteiger partial charge in [-0.3, -0.25) is 0 Å². The van der Waals surface area contributed by atoms with Crippen LogP contribution in [-0.2, 0) is 4.74 Å². The van der Waals surface area contributed by atoms with Crippen LogP contribution in [0.4, 0.5) is 0 Å². The third-order valence-electron chi connectivity index (χ3n) is 3.82. The molecule has 1 heterocycles. The first-order valence-electron chi connectivity index (χ1n) is 6.66. The smallest absolute Gasteiger partial charge is 0.0951 e. The Labute approximate surface area is 104 Å². The van der Waals surface area contributed by atoms with Crippen molar-refractivity contribution in [2.75, 3.05) is 13.7 Å². The van der Waals surface area contributed by atoms with Gasteiger partial charge in [-0.1, -0.05) is 19.3 Å². The van der Waals surface area contributed by atoms with Crippen molar-refractivity contribution in [3.63, 3.8) is 0 Å². The first-order chi connectivity index (χ1) is 8.32. The van der Waals surface area contributed by atoms with Gasteiger partial charge in [0.1, 0.15) is 0 Å². The Kier molecular flexibility index (Phi) is 4.24. The summed E-state index contributed by atoms with van der Waals surface area (Å²) in [4.78, 5) is 0. The van der Waals surface area contributed by atoms with Gasteiger partial charge in [0, 0.05) is 12.2 Å². The zero-order chi connectivity index (χ0) is 12.1. The van der Waals surface area contributed by atoms with Crippen LogP contribution in [0.3, 0.4) is 0 Å². The van der Waals surface area contributed by atoms with Crippen LogP contribution in [0.2, 0.25) is 0 Å². The van der Waals surface area contributed by atoms with Crippen LogP contribution in [0.5, 0.6) is 0 Å². The van der Waals surface area contributed by atoms with Crippen LogP contribution in [-0.4, -0.2) is 19.3 Å². The lowest BCUT2D eigenvalue weighted by molar-refractivity contribution is -0.0899. The number of hydrogen-bond acceptors (Lipinski definition) is 3. The van der Waals surface area contributed by atoms with Crippen LogP contribution in [0.25, 0.3) is 0 Å². The molecule has 1 aromatic rings. The van der Waals surface area contributed by atoms with Gasteiger partial charge in [0.2, 0.25) is 0 Å². The van der Waals surface area contributed by atoms with E-state index in [1.807, 2.05) is 19.4 Å². The lowest BCUT2D eigenvalue weighted by Gasteiger charge is -2.43. The van der Waals surface area contributed by atoms with E-state index >= 15 is 0 Å². The molecule has 1 aliphatic carbocycles. The first kappa shape index (κ1) is 12.7. The molecular formula is C14H23NO2. The lowest BCUT2D eigenvalue weighted by atomic mass is 9.77. The Morgan fingerprint density at radius 3 is 2.71 bits per heavy atom. The molecule has 0 bridgehead atoms. The van der Waals surface area contributed by atoms with E-state index < -0.39 is 0 Å². The van der Waals surface area contributed by atoms with Gasteiger partial charge >= 0.3 is 0 Å². The van der Waals surface area contributed by atoms with Crippen LogP contribution in [0.1, 0.15) is 50.6 Å². The van der Waals surface area contributed by atoms with Crippen molar-refractivity contribution in [2.24, 2.45) is 0 Å². The molecule has 1 aliphatic rings. The minimum absolute atomic E-state index is 0.0500. The minimum Gasteiger partial charge on any atom is -0.472 e. The molecule has 0 aliphatic heterocycles. The van der Waals surface area contributed by atoms with Crippen molar-refractivity contribution in [1.29, 1.82) is 0 Å². The second-order valence-electron chi connectivity index (χ2n) is 4.84. The fourth-order valence-electron chi connectivity index (χ4n) is 3.13. The largest absolute Gasteiger partial charge is 0.472 e. The molecule has 0 radical (unpaired) electrons. The average molecular weight is 237 g/mol. The standard InChI is InChI=1S/C14H23NO2/c1-3-17-14(8-5-4-6-9-14)13(15-2)12-7-10-16-11-12/h7,10-11,13,15H,3-6,8-9H2,1-2H3. The van der Waals surface area contributed by atoms with Gasteiger partial charge in [-0.15, -0.1) is 0 Å². The third kappa shape index (κ3) is 2.55. The van der Waals surface area contributed by atoms with E-state index in [2.05, 4.69) is 12.2 Å². The SMILES string of the molecule is CCOC1(C(NC)c2ccoc2)CCCCC1. The average Bonchev–Trinajstić information content (AvgIpc) is 2.85. The fourth-order valence-corrected chi connectivity index (χ4v) is 3.13. The molecule has 0 spiro atoms. The summed E-state index contributed by atoms with van der Waals surface area (Å²) in [6, 6.07) is 2.28. The molecule has 1 N–H and O–H groups in total. The second kappa shape index (κ2) is 5.69. The molecular weight excluding hydrogens is 214 g/mol. The maximum atomic E-state index is 6.14. The highest BCUT2D eigenvalue weighted by Gasteiger charge is 2.41. The first-order valence-corrected chi connectivity index (χ1v) is 6.66. The van der Waals surface area contributed by atoms with Crippen molar-refractivity contribution in [1.82, 2.24) is 5.32 Å². The number of furan rings is 1. The summed E-state index contributed by atoms with van der Waals surface area (Å²) in [6.07, 6.45) is 9.69. The molecule has 17 heavy (non-hydrogen) atoms. The summed E-state index contributed by atoms with van der Waals surface area (Å²) >= 11 is 0. The van der Waals surface area contributed by atoms with E-state index in [-0.39, 0.29) is 11.6 Å². The van der Waals surface area contributed by atoms with E-state index in [1.165, 1.54) is 24.8 Å². The van der Waals surface area contributed by atoms with Crippen molar-refractivity contribution >= 4 is 0 Å². The van der Waals surface area contributed by atoms with Gasteiger partial charge in [0.25, 0.3) is 0 Å². The highest BCUT2D eigenvalue weighted by atomic mass is 16.5. The summed E-state index contributed by atoms with van der Waals surface area (Å²) in [7, 11) is 2.01. The van der Waals surface area contributed by atoms with Gasteiger partial charge in [-0.05, 0) is 32.9 Å². The lowest BCUT2D eigenvalue weighted by Crippen LogP contribution is -2.46. The summed E-state index contributed by atoms with van der Waals surface area (Å²) in [5, 5.41) is 3.41. The van der Waals surface area contributed by atoms with E-state index in [9.17, 15) is 0 Å². The molecule has 0 saturated heterocycles. The molecule has 0 aromatic carbocycles. The summed E-state index contributed by atoms with van der Waals surface area (Å²) in [6.45, 7) is 2.86. The Morgan fingerprint density at radius 1 is 1.41 bits per heavy atom. The second-order valence-corrected chi connectivity index (χ2v) is 4.84. The van der Waals surface area contributed by atoms with Gasteiger partial charge in [0.05, 0.1) is 24.2 Å². The minimum atomic E-state index is -0.0500. The number of ether oxygens (including phenoxy) is 1. The quantitative estimate of drug-likeness (QED) is 0.853. The number of nitrogens with one attached hydrogen (secondary N) is 1. The molecule has 96 valence electrons. The summed E-state index contributed by atoms with van der Waals surface area (Å²) < 4.78 is 11.4.